The van der Waals surface area contributed by atoms with Crippen molar-refractivity contribution in [3.63, 3.8) is 0 Å². The largest absolute Gasteiger partial charge is 0.480 e. The maximum absolute atomic E-state index is 12.4. The van der Waals surface area contributed by atoms with Gasteiger partial charge in [-0.25, -0.2) is 9.78 Å². The number of thiazole rings is 1. The second kappa shape index (κ2) is 6.14. The summed E-state index contributed by atoms with van der Waals surface area (Å²) in [4.78, 5) is 29.8. The van der Waals surface area contributed by atoms with Gasteiger partial charge in [0, 0.05) is 6.54 Å². The quantitative estimate of drug-likeness (QED) is 0.918. The van der Waals surface area contributed by atoms with Crippen LogP contribution in [0.2, 0.25) is 0 Å². The van der Waals surface area contributed by atoms with Crippen molar-refractivity contribution in [3.8, 4) is 0 Å². The average Bonchev–Trinajstić information content (AvgIpc) is 2.87. The highest BCUT2D eigenvalue weighted by molar-refractivity contribution is 7.13. The molecule has 104 valence electrons. The molecule has 2 heterocycles. The van der Waals surface area contributed by atoms with E-state index in [1.165, 1.54) is 16.2 Å². The van der Waals surface area contributed by atoms with Crippen LogP contribution >= 0.6 is 11.3 Å². The van der Waals surface area contributed by atoms with E-state index in [1.54, 1.807) is 6.20 Å². The van der Waals surface area contributed by atoms with E-state index in [0.29, 0.717) is 17.8 Å². The number of carbonyl (C=O) groups excluding carboxylic acids is 1. The monoisotopic (exact) mass is 282 g/mol. The molecule has 0 aromatic carbocycles. The topological polar surface area (TPSA) is 70.5 Å². The number of hydrogen-bond donors (Lipinski definition) is 1. The molecule has 1 aromatic heterocycles. The Labute approximate surface area is 116 Å². The lowest BCUT2D eigenvalue weighted by molar-refractivity contribution is -0.143. The molecule has 1 aliphatic rings. The number of amides is 1. The second-order valence-electron chi connectivity index (χ2n) is 4.72. The summed E-state index contributed by atoms with van der Waals surface area (Å²) >= 11 is 1.38. The van der Waals surface area contributed by atoms with Crippen molar-refractivity contribution in [1.29, 1.82) is 0 Å². The van der Waals surface area contributed by atoms with E-state index in [4.69, 9.17) is 0 Å². The van der Waals surface area contributed by atoms with Crippen LogP contribution in [0.4, 0.5) is 0 Å². The number of carboxylic acids is 1. The van der Waals surface area contributed by atoms with Crippen LogP contribution in [0, 0.1) is 0 Å². The van der Waals surface area contributed by atoms with E-state index >= 15 is 0 Å². The molecule has 0 aliphatic carbocycles. The highest BCUT2D eigenvalue weighted by atomic mass is 32.1. The summed E-state index contributed by atoms with van der Waals surface area (Å²) in [6.45, 7) is 2.59. The molecule has 1 aromatic rings. The summed E-state index contributed by atoms with van der Waals surface area (Å²) < 4.78 is 0. The molecule has 0 radical (unpaired) electrons. The Hall–Kier alpha value is -1.43. The van der Waals surface area contributed by atoms with Crippen LogP contribution in [0.5, 0.6) is 0 Å². The fourth-order valence-electron chi connectivity index (χ4n) is 2.31. The summed E-state index contributed by atoms with van der Waals surface area (Å²) in [5.41, 5.74) is 0. The number of aryl methyl sites for hydroxylation is 1. The molecule has 1 amide bonds. The summed E-state index contributed by atoms with van der Waals surface area (Å²) in [6, 6.07) is -0.682. The van der Waals surface area contributed by atoms with Gasteiger partial charge in [-0.3, -0.25) is 4.79 Å². The molecular weight excluding hydrogens is 264 g/mol. The van der Waals surface area contributed by atoms with E-state index in [9.17, 15) is 14.7 Å². The molecule has 1 saturated heterocycles. The van der Waals surface area contributed by atoms with E-state index in [-0.39, 0.29) is 5.91 Å². The minimum Gasteiger partial charge on any atom is -0.480 e. The summed E-state index contributed by atoms with van der Waals surface area (Å²) in [6.07, 6.45) is 5.71. The molecule has 1 atom stereocenters. The van der Waals surface area contributed by atoms with E-state index in [0.717, 1.165) is 30.7 Å². The number of piperidine rings is 1. The minimum atomic E-state index is -0.911. The molecule has 1 aliphatic heterocycles. The molecule has 19 heavy (non-hydrogen) atoms. The molecule has 1 fully saturated rings. The third-order valence-electron chi connectivity index (χ3n) is 3.28. The van der Waals surface area contributed by atoms with Crippen molar-refractivity contribution in [2.75, 3.05) is 6.54 Å². The number of rotatable bonds is 4. The third kappa shape index (κ3) is 3.12. The van der Waals surface area contributed by atoms with Gasteiger partial charge in [-0.1, -0.05) is 6.92 Å². The second-order valence-corrected chi connectivity index (χ2v) is 5.83. The molecule has 5 nitrogen and oxygen atoms in total. The number of hydrogen-bond acceptors (Lipinski definition) is 4. The Kier molecular flexibility index (Phi) is 4.52. The Bertz CT molecular complexity index is 472. The van der Waals surface area contributed by atoms with Gasteiger partial charge in [0.2, 0.25) is 0 Å². The van der Waals surface area contributed by atoms with Gasteiger partial charge in [-0.2, -0.15) is 0 Å². The molecule has 0 bridgehead atoms. The van der Waals surface area contributed by atoms with Crippen molar-refractivity contribution in [3.05, 3.63) is 16.1 Å². The lowest BCUT2D eigenvalue weighted by atomic mass is 10.0. The zero-order valence-electron chi connectivity index (χ0n) is 11.0. The normalized spacial score (nSPS) is 19.4. The van der Waals surface area contributed by atoms with Crippen LogP contribution in [0.25, 0.3) is 0 Å². The number of likely N-dealkylation sites (tertiary alicyclic amines) is 1. The van der Waals surface area contributed by atoms with Crippen molar-refractivity contribution >= 4 is 23.2 Å². The first-order chi connectivity index (χ1) is 9.13. The number of aliphatic carboxylic acids is 1. The first-order valence-corrected chi connectivity index (χ1v) is 7.43. The van der Waals surface area contributed by atoms with Crippen LogP contribution in [0.3, 0.4) is 0 Å². The number of carboxylic acid groups (broad SMARTS) is 1. The summed E-state index contributed by atoms with van der Waals surface area (Å²) in [5, 5.41) is 10.1. The lowest BCUT2D eigenvalue weighted by Gasteiger charge is -2.32. The van der Waals surface area contributed by atoms with Gasteiger partial charge in [0.15, 0.2) is 0 Å². The maximum Gasteiger partial charge on any atom is 0.326 e. The summed E-state index contributed by atoms with van der Waals surface area (Å²) in [7, 11) is 0. The van der Waals surface area contributed by atoms with Crippen molar-refractivity contribution in [2.24, 2.45) is 0 Å². The fourth-order valence-corrected chi connectivity index (χ4v) is 3.29. The first-order valence-electron chi connectivity index (χ1n) is 6.62. The van der Waals surface area contributed by atoms with E-state index in [2.05, 4.69) is 11.9 Å². The zero-order valence-corrected chi connectivity index (χ0v) is 11.8. The minimum absolute atomic E-state index is 0.188. The predicted molar refractivity (Wildman–Crippen MR) is 72.4 cm³/mol. The van der Waals surface area contributed by atoms with Gasteiger partial charge >= 0.3 is 5.97 Å². The standard InChI is InChI=1S/C13H18N2O3S/c1-2-5-11-14-8-10(19-11)12(16)15-7-4-3-6-9(15)13(17)18/h8-9H,2-7H2,1H3,(H,17,18). The SMILES string of the molecule is CCCc1ncc(C(=O)N2CCCCC2C(=O)O)s1. The molecule has 1 unspecified atom stereocenters. The van der Waals surface area contributed by atoms with Crippen LogP contribution in [-0.4, -0.2) is 39.5 Å². The van der Waals surface area contributed by atoms with Gasteiger partial charge < -0.3 is 10.0 Å². The van der Waals surface area contributed by atoms with Crippen LogP contribution in [0.15, 0.2) is 6.20 Å². The Morgan fingerprint density at radius 2 is 2.32 bits per heavy atom. The van der Waals surface area contributed by atoms with Gasteiger partial charge in [-0.05, 0) is 32.1 Å². The third-order valence-corrected chi connectivity index (χ3v) is 4.32. The highest BCUT2D eigenvalue weighted by Crippen LogP contribution is 2.23. The molecule has 2 rings (SSSR count). The van der Waals surface area contributed by atoms with Crippen molar-refractivity contribution < 1.29 is 14.7 Å². The zero-order chi connectivity index (χ0) is 13.8. The Balaban J connectivity index is 2.14. The number of carbonyl (C=O) groups is 2. The smallest absolute Gasteiger partial charge is 0.326 e. The maximum atomic E-state index is 12.4. The Morgan fingerprint density at radius 1 is 1.53 bits per heavy atom. The number of aromatic nitrogens is 1. The van der Waals surface area contributed by atoms with Crippen molar-refractivity contribution in [2.45, 2.75) is 45.1 Å². The Morgan fingerprint density at radius 3 is 3.00 bits per heavy atom. The number of nitrogens with zero attached hydrogens (tertiary/aromatic N) is 2. The van der Waals surface area contributed by atoms with Gasteiger partial charge in [-0.15, -0.1) is 11.3 Å². The average molecular weight is 282 g/mol. The van der Waals surface area contributed by atoms with E-state index < -0.39 is 12.0 Å². The molecule has 0 spiro atoms. The van der Waals surface area contributed by atoms with Crippen LogP contribution < -0.4 is 0 Å². The van der Waals surface area contributed by atoms with Gasteiger partial charge in [0.1, 0.15) is 10.9 Å². The van der Waals surface area contributed by atoms with Crippen molar-refractivity contribution in [1.82, 2.24) is 9.88 Å². The first kappa shape index (κ1) is 14.0. The lowest BCUT2D eigenvalue weighted by Crippen LogP contribution is -2.47. The van der Waals surface area contributed by atoms with Crippen LogP contribution in [-0.2, 0) is 11.2 Å². The summed E-state index contributed by atoms with van der Waals surface area (Å²) in [5.74, 6) is -1.10. The molecule has 0 saturated carbocycles. The van der Waals surface area contributed by atoms with Gasteiger partial charge in [0.05, 0.1) is 11.2 Å². The highest BCUT2D eigenvalue weighted by Gasteiger charge is 2.33. The molecule has 1 N–H and O–H groups in total. The fraction of sp³-hybridized carbons (Fsp3) is 0.615. The molecule has 6 heteroatoms. The predicted octanol–water partition coefficient (Wildman–Crippen LogP) is 2.17. The van der Waals surface area contributed by atoms with E-state index in [1.807, 2.05) is 0 Å². The van der Waals surface area contributed by atoms with Gasteiger partial charge in [0.25, 0.3) is 5.91 Å². The molecular formula is C13H18N2O3S. The van der Waals surface area contributed by atoms with Crippen LogP contribution in [0.1, 0.15) is 47.3 Å².